The van der Waals surface area contributed by atoms with E-state index in [4.69, 9.17) is 23.7 Å². The monoisotopic (exact) mass is 1800 g/mol. The normalized spacial score (nSPS) is 37.8. The van der Waals surface area contributed by atoms with Gasteiger partial charge >= 0.3 is 0 Å². The van der Waals surface area contributed by atoms with Gasteiger partial charge in [-0.15, -0.1) is 0 Å². The smallest absolute Gasteiger partial charge is 0.252 e. The van der Waals surface area contributed by atoms with Crippen molar-refractivity contribution in [3.05, 3.63) is 191 Å². The fourth-order valence-corrected chi connectivity index (χ4v) is 32.3. The number of ether oxygens (including phenoxy) is 5. The Balaban J connectivity index is 0.0000000894. The fraction of sp³-hybridized carbons (Fsp3) is 0.602. The quantitative estimate of drug-likeness (QED) is 0.122. The summed E-state index contributed by atoms with van der Waals surface area (Å²) in [6, 6.07) is 52.1. The second kappa shape index (κ2) is 27.7. The van der Waals surface area contributed by atoms with Gasteiger partial charge in [0.2, 0.25) is 23.6 Å². The Morgan fingerprint density at radius 1 is 0.386 bits per heavy atom. The first-order valence-electron chi connectivity index (χ1n) is 42.7. The molecule has 0 radical (unpaired) electrons. The molecule has 2 N–H and O–H groups in total. The zero-order valence-corrected chi connectivity index (χ0v) is 72.4. The number of benzene rings is 5. The molecule has 5 aromatic carbocycles. The molecular weight excluding hydrogens is 1700 g/mol. The van der Waals surface area contributed by atoms with E-state index in [0.29, 0.717) is 85.7 Å². The highest BCUT2D eigenvalue weighted by Crippen LogP contribution is 2.93. The second-order valence-corrected chi connectivity index (χ2v) is 45.0. The zero-order chi connectivity index (χ0) is 78.6. The first-order chi connectivity index (χ1) is 55.0. The molecule has 5 aromatic rings. The predicted octanol–water partition coefficient (Wildman–Crippen LogP) is 17.5. The van der Waals surface area contributed by atoms with E-state index in [2.05, 4.69) is 114 Å². The molecule has 5 amide bonds. The van der Waals surface area contributed by atoms with Crippen molar-refractivity contribution in [3.63, 3.8) is 0 Å². The number of amides is 5. The van der Waals surface area contributed by atoms with Gasteiger partial charge < -0.3 is 58.6 Å². The van der Waals surface area contributed by atoms with Crippen LogP contribution in [0.15, 0.2) is 163 Å². The number of nitrogens with one attached hydrogen (secondary N) is 1. The van der Waals surface area contributed by atoms with E-state index in [9.17, 15) is 29.1 Å². The summed E-state index contributed by atoms with van der Waals surface area (Å²) < 4.78 is 29.0. The summed E-state index contributed by atoms with van der Waals surface area (Å²) in [7, 11) is 0. The topological polar surface area (TPSA) is 180 Å². The SMILES string of the molecule is CC1(C)C2(CCC2)[C@@]12CC1CO[C@H](c3ccccc3)N1C2=O.CC1(C)C2(CCC2)[C@]12CNC(CO)C2.O=C1C(=C2CCC2)CC2CO[C@H](c3ccccc3)N12.O=C1CCC2CO[C@H](c3ccccc3)N12.O=C1N2C(CO[C@@H]2c2ccccc2)C[C@@]12C(Br)(Br)C21CCC1.O=C1N2C(CO[C@@H]2c2ccccc2)C[C@]12C(Br)(Br)C21CCC1. The lowest BCUT2D eigenvalue weighted by Gasteiger charge is -2.31. The van der Waals surface area contributed by atoms with E-state index in [0.717, 1.165) is 111 Å². The van der Waals surface area contributed by atoms with Gasteiger partial charge in [-0.3, -0.25) is 24.0 Å². The number of allylic oxidation sites excluding steroid dienone is 1. The Labute approximate surface area is 704 Å². The molecule has 20 fully saturated rings. The van der Waals surface area contributed by atoms with Crippen molar-refractivity contribution in [2.75, 3.05) is 46.2 Å². The van der Waals surface area contributed by atoms with Crippen LogP contribution >= 0.6 is 63.7 Å². The first-order valence-corrected chi connectivity index (χ1v) is 45.9. The maximum Gasteiger partial charge on any atom is 0.252 e. The summed E-state index contributed by atoms with van der Waals surface area (Å²) in [6.07, 6.45) is 24.2. The highest BCUT2D eigenvalue weighted by Gasteiger charge is 2.94. The third kappa shape index (κ3) is 10.3. The Kier molecular flexibility index (Phi) is 18.8. The van der Waals surface area contributed by atoms with Crippen LogP contribution in [-0.2, 0) is 47.7 Å². The number of carbonyl (C=O) groups excluding carboxylic acids is 5. The van der Waals surface area contributed by atoms with E-state index in [1.54, 1.807) is 0 Å². The number of halogens is 4. The lowest BCUT2D eigenvalue weighted by atomic mass is 9.73. The second-order valence-electron chi connectivity index (χ2n) is 38.1. The maximum absolute atomic E-state index is 13.4. The number of hydrogen-bond acceptors (Lipinski definition) is 12. The number of hydrogen-bond donors (Lipinski definition) is 2. The molecule has 0 bridgehead atoms. The van der Waals surface area contributed by atoms with Crippen LogP contribution in [0.4, 0.5) is 0 Å². The molecule has 25 rings (SSSR count). The van der Waals surface area contributed by atoms with Crippen LogP contribution in [0.5, 0.6) is 0 Å². The number of nitrogens with zero attached hydrogens (tertiary/aromatic N) is 5. The Hall–Kier alpha value is -5.17. The molecular formula is C93H108Br4N6O11. The average molecular weight is 1810 g/mol. The fourth-order valence-electron chi connectivity index (χ4n) is 26.9. The molecule has 9 saturated carbocycles. The molecule has 20 aliphatic rings. The van der Waals surface area contributed by atoms with Crippen LogP contribution in [0, 0.1) is 54.1 Å². The van der Waals surface area contributed by atoms with Crippen molar-refractivity contribution < 1.29 is 52.8 Å². The van der Waals surface area contributed by atoms with Crippen LogP contribution in [0.1, 0.15) is 228 Å². The number of alkyl halides is 4. The minimum Gasteiger partial charge on any atom is -0.395 e. The Morgan fingerprint density at radius 2 is 0.737 bits per heavy atom. The van der Waals surface area contributed by atoms with E-state index in [-0.39, 0.29) is 118 Å². The van der Waals surface area contributed by atoms with Crippen LogP contribution in [0.25, 0.3) is 0 Å². The van der Waals surface area contributed by atoms with E-state index < -0.39 is 0 Å². The average Bonchev–Trinajstić information content (AvgIpc) is 1.46. The molecule has 604 valence electrons. The minimum atomic E-state index is -0.264. The van der Waals surface area contributed by atoms with Gasteiger partial charge in [-0.1, -0.05) is 274 Å². The predicted molar refractivity (Wildman–Crippen MR) is 445 cm³/mol. The molecule has 11 saturated heterocycles. The summed E-state index contributed by atoms with van der Waals surface area (Å²) in [5.74, 6) is 1.36. The molecule has 21 heteroatoms. The van der Waals surface area contributed by atoms with Crippen LogP contribution in [-0.4, -0.2) is 148 Å². The molecule has 6 unspecified atom stereocenters. The zero-order valence-electron chi connectivity index (χ0n) is 66.1. The van der Waals surface area contributed by atoms with Crippen molar-refractivity contribution in [1.29, 1.82) is 0 Å². The Morgan fingerprint density at radius 3 is 1.06 bits per heavy atom. The summed E-state index contributed by atoms with van der Waals surface area (Å²) in [6.45, 7) is 14.3. The van der Waals surface area contributed by atoms with Gasteiger partial charge in [0.15, 0.2) is 31.1 Å². The molecule has 8 spiro atoms. The van der Waals surface area contributed by atoms with Gasteiger partial charge in [-0.05, 0) is 130 Å². The van der Waals surface area contributed by atoms with Gasteiger partial charge in [-0.25, -0.2) is 0 Å². The third-order valence-corrected chi connectivity index (χ3v) is 39.7. The van der Waals surface area contributed by atoms with Crippen molar-refractivity contribution in [1.82, 2.24) is 29.8 Å². The van der Waals surface area contributed by atoms with Gasteiger partial charge in [0.25, 0.3) is 5.91 Å². The van der Waals surface area contributed by atoms with Crippen molar-refractivity contribution >= 4 is 93.3 Å². The molecule has 17 nitrogen and oxygen atoms in total. The van der Waals surface area contributed by atoms with Gasteiger partial charge in [0, 0.05) is 69.6 Å². The highest BCUT2D eigenvalue weighted by molar-refractivity contribution is 9.26. The van der Waals surface area contributed by atoms with Gasteiger partial charge in [0.05, 0.1) is 86.1 Å². The van der Waals surface area contributed by atoms with Crippen molar-refractivity contribution in [2.24, 2.45) is 54.1 Å². The standard InChI is InChI=1S/C19H23NO2.2C17H17Br2NO2.C16H17NO2.C12H13NO2.C12H21NO/c1-17(2)18(9-6-10-18)19(17)11-14-12-22-15(20(14)16(19)21)13-7-4-3-5-8-13;2*18-17(19)15(7-4-8-15)16(17)9-12-10-22-13(20(12)14(16)21)11-5-2-1-3-6-11;18-15-14(11-7-4-8-11)9-13-10-19-16(17(13)15)12-5-2-1-3-6-12;14-11-7-6-10-8-15-12(13(10)11)9-4-2-1-3-5-9;1-10(2)11(4-3-5-11)12(10)6-9(7-14)13-8-12/h3-5,7-8,14-15H,6,9-12H2,1-2H3;2*1-3,5-6,12-13H,4,7-10H2;1-3,5-6,13,16H,4,7-10H2;1-5,10,12H,6-8H2;9,13-14H,3-8H2,1-2H3/t14?,15-,19-;12?,13-,16+;12?,13-,16-;13?,16-;10?,12-;9?,12-/m111111/s1. The van der Waals surface area contributed by atoms with E-state index in [1.807, 2.05) is 159 Å². The summed E-state index contributed by atoms with van der Waals surface area (Å²) in [5.41, 5.74) is 9.70. The molecule has 9 aliphatic carbocycles. The number of rotatable bonds is 6. The summed E-state index contributed by atoms with van der Waals surface area (Å²) in [4.78, 5) is 74.4. The molecule has 15 atom stereocenters. The summed E-state index contributed by atoms with van der Waals surface area (Å²) in [5, 5.41) is 12.7. The number of carbonyl (C=O) groups is 5. The van der Waals surface area contributed by atoms with Gasteiger partial charge in [-0.2, -0.15) is 0 Å². The molecule has 11 aliphatic heterocycles. The van der Waals surface area contributed by atoms with E-state index >= 15 is 0 Å². The molecule has 0 aromatic heterocycles. The minimum absolute atomic E-state index is 0.0975. The number of aliphatic hydroxyl groups excluding tert-OH is 1. The van der Waals surface area contributed by atoms with Crippen molar-refractivity contribution in [2.45, 2.75) is 243 Å². The largest absolute Gasteiger partial charge is 0.395 e. The van der Waals surface area contributed by atoms with Crippen LogP contribution in [0.2, 0.25) is 0 Å². The lowest BCUT2D eigenvalue weighted by molar-refractivity contribution is -0.141. The van der Waals surface area contributed by atoms with E-state index in [1.165, 1.54) is 69.8 Å². The molecule has 11 heterocycles. The van der Waals surface area contributed by atoms with Gasteiger partial charge in [0.1, 0.15) is 6.47 Å². The summed E-state index contributed by atoms with van der Waals surface area (Å²) >= 11 is 15.4. The molecule has 114 heavy (non-hydrogen) atoms. The maximum atomic E-state index is 13.4. The van der Waals surface area contributed by atoms with Crippen molar-refractivity contribution in [3.8, 4) is 0 Å². The lowest BCUT2D eigenvalue weighted by Crippen LogP contribution is -2.35. The third-order valence-electron chi connectivity index (χ3n) is 34.0. The van der Waals surface area contributed by atoms with Crippen LogP contribution < -0.4 is 5.32 Å². The Bertz CT molecular complexity index is 4360. The highest BCUT2D eigenvalue weighted by atomic mass is 79.9. The first kappa shape index (κ1) is 77.4. The van der Waals surface area contributed by atoms with Crippen LogP contribution in [0.3, 0.4) is 0 Å². The number of fused-ring (bicyclic) bond motifs is 9. The number of aliphatic hydroxyl groups is 1.